The second kappa shape index (κ2) is 2.82. The minimum atomic E-state index is 0.0238. The first-order chi connectivity index (χ1) is 6.21. The molecule has 2 rings (SSSR count). The summed E-state index contributed by atoms with van der Waals surface area (Å²) in [6, 6.07) is 10.5. The van der Waals surface area contributed by atoms with Crippen molar-refractivity contribution in [3.05, 3.63) is 35.9 Å². The summed E-state index contributed by atoms with van der Waals surface area (Å²) in [7, 11) is 1.72. The number of hydrogen-bond donors (Lipinski definition) is 1. The molecule has 0 radical (unpaired) electrons. The van der Waals surface area contributed by atoms with Crippen LogP contribution >= 0.6 is 0 Å². The van der Waals surface area contributed by atoms with Gasteiger partial charge < -0.3 is 10.5 Å². The van der Waals surface area contributed by atoms with E-state index in [4.69, 9.17) is 10.5 Å². The Morgan fingerprint density at radius 2 is 1.92 bits per heavy atom. The van der Waals surface area contributed by atoms with Crippen molar-refractivity contribution in [3.8, 4) is 0 Å². The molecule has 13 heavy (non-hydrogen) atoms. The molecule has 1 aliphatic carbocycles. The molecule has 0 unspecified atom stereocenters. The molecule has 0 saturated heterocycles. The van der Waals surface area contributed by atoms with Gasteiger partial charge in [-0.05, 0) is 5.56 Å². The lowest BCUT2D eigenvalue weighted by molar-refractivity contribution is 0.162. The topological polar surface area (TPSA) is 35.2 Å². The van der Waals surface area contributed by atoms with E-state index in [1.165, 1.54) is 5.56 Å². The zero-order valence-electron chi connectivity index (χ0n) is 8.03. The molecule has 1 aliphatic rings. The van der Waals surface area contributed by atoms with Crippen LogP contribution in [0.4, 0.5) is 0 Å². The van der Waals surface area contributed by atoms with Crippen LogP contribution in [0.5, 0.6) is 0 Å². The predicted octanol–water partition coefficient (Wildman–Crippen LogP) is 1.30. The largest absolute Gasteiger partial charge is 0.379 e. The summed E-state index contributed by atoms with van der Waals surface area (Å²) >= 11 is 0. The maximum atomic E-state index is 5.96. The Morgan fingerprint density at radius 3 is 2.38 bits per heavy atom. The third kappa shape index (κ3) is 1.10. The molecule has 0 bridgehead atoms. The zero-order chi connectivity index (χ0) is 9.47. The van der Waals surface area contributed by atoms with E-state index in [1.807, 2.05) is 18.2 Å². The van der Waals surface area contributed by atoms with Crippen molar-refractivity contribution in [2.75, 3.05) is 7.11 Å². The normalized spacial score (nSPS) is 37.5. The molecule has 1 aromatic carbocycles. The first-order valence-corrected chi connectivity index (χ1v) is 4.55. The molecule has 2 N–H and O–H groups in total. The van der Waals surface area contributed by atoms with Gasteiger partial charge in [0.2, 0.25) is 0 Å². The Morgan fingerprint density at radius 1 is 1.31 bits per heavy atom. The van der Waals surface area contributed by atoms with E-state index in [0.717, 1.165) is 0 Å². The highest BCUT2D eigenvalue weighted by Gasteiger charge is 2.61. The van der Waals surface area contributed by atoms with Gasteiger partial charge in [0.25, 0.3) is 0 Å². The fourth-order valence-corrected chi connectivity index (χ4v) is 2.05. The van der Waals surface area contributed by atoms with E-state index in [1.54, 1.807) is 7.11 Å². The van der Waals surface area contributed by atoms with Crippen molar-refractivity contribution in [3.63, 3.8) is 0 Å². The maximum Gasteiger partial charge on any atom is 0.0841 e. The summed E-state index contributed by atoms with van der Waals surface area (Å²) < 4.78 is 5.32. The Balaban J connectivity index is 2.29. The molecule has 70 valence electrons. The molecule has 0 aliphatic heterocycles. The monoisotopic (exact) mass is 177 g/mol. The standard InChI is InChI=1S/C11H15NO/c1-11(9(12)10(11)13-2)8-6-4-3-5-7-8/h3-7,9-10H,12H2,1-2H3/t9-,10+,11-/m1/s1. The highest BCUT2D eigenvalue weighted by Crippen LogP contribution is 2.48. The van der Waals surface area contributed by atoms with E-state index in [2.05, 4.69) is 19.1 Å². The minimum Gasteiger partial charge on any atom is -0.379 e. The van der Waals surface area contributed by atoms with E-state index in [0.29, 0.717) is 0 Å². The number of rotatable bonds is 2. The number of nitrogens with two attached hydrogens (primary N) is 1. The Hall–Kier alpha value is -0.860. The first-order valence-electron chi connectivity index (χ1n) is 4.55. The molecule has 0 heterocycles. The lowest BCUT2D eigenvalue weighted by atomic mass is 9.97. The zero-order valence-corrected chi connectivity index (χ0v) is 8.03. The van der Waals surface area contributed by atoms with Gasteiger partial charge in [-0.3, -0.25) is 0 Å². The molecule has 1 aromatic rings. The van der Waals surface area contributed by atoms with Crippen LogP contribution in [0, 0.1) is 0 Å². The Labute approximate surface area is 78.7 Å². The first kappa shape index (κ1) is 8.73. The minimum absolute atomic E-state index is 0.0238. The number of benzene rings is 1. The van der Waals surface area contributed by atoms with Crippen molar-refractivity contribution < 1.29 is 4.74 Å². The highest BCUT2D eigenvalue weighted by molar-refractivity contribution is 5.39. The van der Waals surface area contributed by atoms with Gasteiger partial charge in [-0.1, -0.05) is 37.3 Å². The SMILES string of the molecule is CO[C@H]1[C@@H](N)[C@@]1(C)c1ccccc1. The quantitative estimate of drug-likeness (QED) is 0.739. The molecule has 0 amide bonds. The summed E-state index contributed by atoms with van der Waals surface area (Å²) in [5.74, 6) is 0. The molecule has 3 atom stereocenters. The smallest absolute Gasteiger partial charge is 0.0841 e. The summed E-state index contributed by atoms with van der Waals surface area (Å²) in [6.07, 6.45) is 0.176. The van der Waals surface area contributed by atoms with E-state index in [-0.39, 0.29) is 17.6 Å². The van der Waals surface area contributed by atoms with Crippen LogP contribution in [0.15, 0.2) is 30.3 Å². The third-order valence-corrected chi connectivity index (χ3v) is 3.15. The van der Waals surface area contributed by atoms with Gasteiger partial charge in [-0.15, -0.1) is 0 Å². The predicted molar refractivity (Wildman–Crippen MR) is 52.6 cm³/mol. The van der Waals surface area contributed by atoms with Crippen molar-refractivity contribution in [2.45, 2.75) is 24.5 Å². The van der Waals surface area contributed by atoms with Gasteiger partial charge in [0.1, 0.15) is 0 Å². The van der Waals surface area contributed by atoms with Crippen molar-refractivity contribution in [1.82, 2.24) is 0 Å². The molecule has 0 spiro atoms. The lowest BCUT2D eigenvalue weighted by Crippen LogP contribution is -2.14. The van der Waals surface area contributed by atoms with Gasteiger partial charge in [0.15, 0.2) is 0 Å². The Kier molecular flexibility index (Phi) is 1.90. The summed E-state index contributed by atoms with van der Waals surface area (Å²) in [5.41, 5.74) is 7.26. The lowest BCUT2D eigenvalue weighted by Gasteiger charge is -2.10. The van der Waals surface area contributed by atoms with Gasteiger partial charge in [-0.2, -0.15) is 0 Å². The van der Waals surface area contributed by atoms with Crippen LogP contribution < -0.4 is 5.73 Å². The average Bonchev–Trinajstić information content (AvgIpc) is 2.72. The van der Waals surface area contributed by atoms with E-state index >= 15 is 0 Å². The fraction of sp³-hybridized carbons (Fsp3) is 0.455. The van der Waals surface area contributed by atoms with Gasteiger partial charge >= 0.3 is 0 Å². The molecule has 2 heteroatoms. The summed E-state index contributed by atoms with van der Waals surface area (Å²) in [4.78, 5) is 0. The number of ether oxygens (including phenoxy) is 1. The van der Waals surface area contributed by atoms with Crippen molar-refractivity contribution in [1.29, 1.82) is 0 Å². The van der Waals surface area contributed by atoms with Crippen LogP contribution in [-0.4, -0.2) is 19.3 Å². The van der Waals surface area contributed by atoms with E-state index in [9.17, 15) is 0 Å². The second-order valence-electron chi connectivity index (χ2n) is 3.83. The van der Waals surface area contributed by atoms with Crippen LogP contribution in [0.1, 0.15) is 12.5 Å². The molecule has 0 aromatic heterocycles. The highest BCUT2D eigenvalue weighted by atomic mass is 16.5. The van der Waals surface area contributed by atoms with Crippen LogP contribution in [0.2, 0.25) is 0 Å². The third-order valence-electron chi connectivity index (χ3n) is 3.15. The molecule has 1 fully saturated rings. The van der Waals surface area contributed by atoms with Gasteiger partial charge in [0.05, 0.1) is 6.10 Å². The molecule has 1 saturated carbocycles. The van der Waals surface area contributed by atoms with Crippen LogP contribution in [0.3, 0.4) is 0 Å². The molecular formula is C11H15NO. The number of hydrogen-bond acceptors (Lipinski definition) is 2. The van der Waals surface area contributed by atoms with Crippen molar-refractivity contribution >= 4 is 0 Å². The summed E-state index contributed by atoms with van der Waals surface area (Å²) in [5, 5.41) is 0. The van der Waals surface area contributed by atoms with Crippen LogP contribution in [-0.2, 0) is 10.2 Å². The van der Waals surface area contributed by atoms with Crippen LogP contribution in [0.25, 0.3) is 0 Å². The second-order valence-corrected chi connectivity index (χ2v) is 3.83. The van der Waals surface area contributed by atoms with Crippen molar-refractivity contribution in [2.24, 2.45) is 5.73 Å². The maximum absolute atomic E-state index is 5.96. The van der Waals surface area contributed by atoms with Gasteiger partial charge in [-0.25, -0.2) is 0 Å². The Bertz CT molecular complexity index is 298. The number of methoxy groups -OCH3 is 1. The van der Waals surface area contributed by atoms with E-state index < -0.39 is 0 Å². The van der Waals surface area contributed by atoms with Gasteiger partial charge in [0, 0.05) is 18.6 Å². The summed E-state index contributed by atoms with van der Waals surface area (Å²) in [6.45, 7) is 2.15. The average molecular weight is 177 g/mol. The molecule has 2 nitrogen and oxygen atoms in total. The fourth-order valence-electron chi connectivity index (χ4n) is 2.05. The molecular weight excluding hydrogens is 162 g/mol.